The van der Waals surface area contributed by atoms with Crippen molar-refractivity contribution in [3.05, 3.63) is 52.6 Å². The third-order valence-electron chi connectivity index (χ3n) is 4.57. The van der Waals surface area contributed by atoms with Crippen LogP contribution in [-0.4, -0.2) is 36.1 Å². The number of halogens is 2. The van der Waals surface area contributed by atoms with Crippen molar-refractivity contribution in [3.63, 3.8) is 0 Å². The third-order valence-corrected chi connectivity index (χ3v) is 4.57. The second kappa shape index (κ2) is 6.08. The molecule has 0 aliphatic carbocycles. The zero-order valence-electron chi connectivity index (χ0n) is 14.9. The van der Waals surface area contributed by atoms with Crippen molar-refractivity contribution in [1.82, 2.24) is 15.0 Å². The number of hydrogen-bond donors (Lipinski definition) is 3. The standard InChI is InChI=1S/C19H17F2N5O/c1-22-12-7-11(20)16(21)14-15-18(26(2)3)10(8-24-19(15)25-17(12)14)9-4-5-23-13(27)6-9/h4-8,22H,1-3H3,(H,23,27)(H,24,25). The van der Waals surface area contributed by atoms with E-state index in [2.05, 4.69) is 20.3 Å². The van der Waals surface area contributed by atoms with Gasteiger partial charge in [0.2, 0.25) is 5.56 Å². The van der Waals surface area contributed by atoms with Crippen LogP contribution in [-0.2, 0) is 0 Å². The van der Waals surface area contributed by atoms with Crippen molar-refractivity contribution in [2.24, 2.45) is 0 Å². The van der Waals surface area contributed by atoms with E-state index in [1.165, 1.54) is 12.3 Å². The van der Waals surface area contributed by atoms with Gasteiger partial charge in [0.25, 0.3) is 0 Å². The number of fused-ring (bicyclic) bond motifs is 3. The molecule has 0 aliphatic rings. The molecule has 3 N–H and O–H groups in total. The molecule has 4 aromatic rings. The molecule has 0 saturated carbocycles. The molecule has 1 aromatic carbocycles. The van der Waals surface area contributed by atoms with Crippen molar-refractivity contribution < 1.29 is 8.78 Å². The Morgan fingerprint density at radius 2 is 1.96 bits per heavy atom. The number of hydrogen-bond acceptors (Lipinski definition) is 4. The summed E-state index contributed by atoms with van der Waals surface area (Å²) >= 11 is 0. The fourth-order valence-electron chi connectivity index (χ4n) is 3.43. The Morgan fingerprint density at radius 1 is 1.19 bits per heavy atom. The highest BCUT2D eigenvalue weighted by molar-refractivity contribution is 6.17. The quantitative estimate of drug-likeness (QED) is 0.517. The fraction of sp³-hybridized carbons (Fsp3) is 0.158. The molecule has 0 amide bonds. The maximum atomic E-state index is 14.8. The van der Waals surface area contributed by atoms with Gasteiger partial charge < -0.3 is 20.2 Å². The van der Waals surface area contributed by atoms with Gasteiger partial charge in [0.1, 0.15) is 5.65 Å². The maximum absolute atomic E-state index is 14.8. The minimum atomic E-state index is -0.945. The lowest BCUT2D eigenvalue weighted by molar-refractivity contribution is 0.518. The van der Waals surface area contributed by atoms with Crippen molar-refractivity contribution >= 4 is 33.3 Å². The molecule has 0 unspecified atom stereocenters. The van der Waals surface area contributed by atoms with E-state index in [4.69, 9.17) is 0 Å². The Kier molecular flexibility index (Phi) is 3.83. The molecular formula is C19H17F2N5O. The molecule has 138 valence electrons. The Hall–Kier alpha value is -3.42. The molecule has 0 atom stereocenters. The molecule has 0 aliphatic heterocycles. The minimum absolute atomic E-state index is 0.122. The van der Waals surface area contributed by atoms with Crippen LogP contribution in [0.4, 0.5) is 20.2 Å². The van der Waals surface area contributed by atoms with Gasteiger partial charge in [0, 0.05) is 51.2 Å². The number of benzene rings is 1. The molecule has 4 rings (SSSR count). The number of aromatic amines is 2. The number of anilines is 2. The summed E-state index contributed by atoms with van der Waals surface area (Å²) in [5.74, 6) is -1.89. The molecule has 3 aromatic heterocycles. The van der Waals surface area contributed by atoms with Crippen LogP contribution in [0.2, 0.25) is 0 Å². The molecule has 0 radical (unpaired) electrons. The Labute approximate surface area is 152 Å². The van der Waals surface area contributed by atoms with E-state index in [0.29, 0.717) is 39.1 Å². The highest BCUT2D eigenvalue weighted by Crippen LogP contribution is 2.42. The number of rotatable bonds is 3. The van der Waals surface area contributed by atoms with E-state index >= 15 is 0 Å². The van der Waals surface area contributed by atoms with Gasteiger partial charge in [-0.3, -0.25) is 4.79 Å². The summed E-state index contributed by atoms with van der Waals surface area (Å²) in [4.78, 5) is 23.6. The van der Waals surface area contributed by atoms with Crippen LogP contribution in [0, 0.1) is 11.6 Å². The lowest BCUT2D eigenvalue weighted by atomic mass is 10.0. The van der Waals surface area contributed by atoms with Gasteiger partial charge in [-0.15, -0.1) is 0 Å². The van der Waals surface area contributed by atoms with Crippen LogP contribution in [0.25, 0.3) is 33.1 Å². The second-order valence-electron chi connectivity index (χ2n) is 6.43. The zero-order valence-corrected chi connectivity index (χ0v) is 14.9. The second-order valence-corrected chi connectivity index (χ2v) is 6.43. The summed E-state index contributed by atoms with van der Waals surface area (Å²) in [6.07, 6.45) is 3.16. The summed E-state index contributed by atoms with van der Waals surface area (Å²) in [5.41, 5.74) is 2.97. The Balaban J connectivity index is 2.21. The summed E-state index contributed by atoms with van der Waals surface area (Å²) < 4.78 is 29.0. The van der Waals surface area contributed by atoms with Gasteiger partial charge in [-0.25, -0.2) is 13.8 Å². The highest BCUT2D eigenvalue weighted by Gasteiger charge is 2.23. The van der Waals surface area contributed by atoms with Crippen LogP contribution >= 0.6 is 0 Å². The number of pyridine rings is 2. The molecule has 0 fully saturated rings. The van der Waals surface area contributed by atoms with Crippen molar-refractivity contribution in [1.29, 1.82) is 0 Å². The van der Waals surface area contributed by atoms with Crippen molar-refractivity contribution in [2.45, 2.75) is 0 Å². The number of nitrogens with zero attached hydrogens (tertiary/aromatic N) is 2. The first-order valence-electron chi connectivity index (χ1n) is 8.29. The summed E-state index contributed by atoms with van der Waals surface area (Å²) in [6, 6.07) is 4.29. The van der Waals surface area contributed by atoms with Crippen molar-refractivity contribution in [3.8, 4) is 11.1 Å². The monoisotopic (exact) mass is 369 g/mol. The van der Waals surface area contributed by atoms with Crippen molar-refractivity contribution in [2.75, 3.05) is 31.4 Å². The van der Waals surface area contributed by atoms with E-state index in [0.717, 1.165) is 6.07 Å². The average molecular weight is 369 g/mol. The predicted molar refractivity (Wildman–Crippen MR) is 103 cm³/mol. The largest absolute Gasteiger partial charge is 0.386 e. The maximum Gasteiger partial charge on any atom is 0.248 e. The van der Waals surface area contributed by atoms with E-state index in [9.17, 15) is 13.6 Å². The minimum Gasteiger partial charge on any atom is -0.386 e. The topological polar surface area (TPSA) is 76.8 Å². The summed E-state index contributed by atoms with van der Waals surface area (Å²) in [5, 5.41) is 3.46. The first-order chi connectivity index (χ1) is 12.9. The van der Waals surface area contributed by atoms with Crippen LogP contribution in [0.5, 0.6) is 0 Å². The van der Waals surface area contributed by atoms with E-state index in [1.807, 2.05) is 0 Å². The van der Waals surface area contributed by atoms with Gasteiger partial charge in [0.05, 0.1) is 27.7 Å². The highest BCUT2D eigenvalue weighted by atomic mass is 19.2. The molecule has 0 bridgehead atoms. The lowest BCUT2D eigenvalue weighted by Crippen LogP contribution is -2.12. The predicted octanol–water partition coefficient (Wildman–Crippen LogP) is 3.46. The molecule has 27 heavy (non-hydrogen) atoms. The van der Waals surface area contributed by atoms with Gasteiger partial charge in [-0.2, -0.15) is 0 Å². The smallest absolute Gasteiger partial charge is 0.248 e. The zero-order chi connectivity index (χ0) is 19.3. The first kappa shape index (κ1) is 17.0. The molecule has 0 spiro atoms. The lowest BCUT2D eigenvalue weighted by Gasteiger charge is -2.19. The SMILES string of the molecule is CNc1cc(F)c(F)c2c1[nH]c1ncc(-c3cc[nH]c(=O)c3)c(N(C)C)c12. The Morgan fingerprint density at radius 3 is 2.63 bits per heavy atom. The van der Waals surface area contributed by atoms with E-state index in [-0.39, 0.29) is 10.9 Å². The van der Waals surface area contributed by atoms with E-state index in [1.54, 1.807) is 38.3 Å². The van der Waals surface area contributed by atoms with Crippen LogP contribution in [0.15, 0.2) is 35.4 Å². The number of H-pyrrole nitrogens is 2. The first-order valence-corrected chi connectivity index (χ1v) is 8.29. The van der Waals surface area contributed by atoms with Gasteiger partial charge in [0.15, 0.2) is 11.6 Å². The average Bonchev–Trinajstić information content (AvgIpc) is 3.03. The third kappa shape index (κ3) is 2.52. The molecular weight excluding hydrogens is 352 g/mol. The normalized spacial score (nSPS) is 11.3. The molecule has 3 heterocycles. The summed E-state index contributed by atoms with van der Waals surface area (Å²) in [7, 11) is 5.25. The summed E-state index contributed by atoms with van der Waals surface area (Å²) in [6.45, 7) is 0. The van der Waals surface area contributed by atoms with Crippen LogP contribution < -0.4 is 15.8 Å². The fourth-order valence-corrected chi connectivity index (χ4v) is 3.43. The van der Waals surface area contributed by atoms with Crippen LogP contribution in [0.3, 0.4) is 0 Å². The number of aromatic nitrogens is 3. The van der Waals surface area contributed by atoms with Gasteiger partial charge in [-0.05, 0) is 11.6 Å². The number of nitrogens with one attached hydrogen (secondary N) is 3. The van der Waals surface area contributed by atoms with Gasteiger partial charge >= 0.3 is 0 Å². The van der Waals surface area contributed by atoms with Gasteiger partial charge in [-0.1, -0.05) is 0 Å². The molecule has 8 heteroatoms. The molecule has 0 saturated heterocycles. The van der Waals surface area contributed by atoms with Crippen LogP contribution in [0.1, 0.15) is 0 Å². The molecule has 6 nitrogen and oxygen atoms in total. The Bertz CT molecular complexity index is 1240. The van der Waals surface area contributed by atoms with E-state index < -0.39 is 11.6 Å².